The summed E-state index contributed by atoms with van der Waals surface area (Å²) in [6.45, 7) is 2.77. The molecule has 1 saturated carbocycles. The number of phosphoric ester groups is 2. The number of aliphatic hydroxyl groups excluding tert-OH is 5. The van der Waals surface area contributed by atoms with Crippen LogP contribution in [-0.2, 0) is 41.8 Å². The first-order valence-electron chi connectivity index (χ1n) is 24.2. The van der Waals surface area contributed by atoms with Crippen LogP contribution in [0.15, 0.2) is 122 Å². The molecular formula is C51H80O17P2. The molecule has 1 aliphatic rings. The molecule has 6 unspecified atom stereocenters. The number of carbonyl (C=O) groups is 2. The van der Waals surface area contributed by atoms with Gasteiger partial charge in [-0.2, -0.15) is 0 Å². The summed E-state index contributed by atoms with van der Waals surface area (Å²) in [4.78, 5) is 54.3. The van der Waals surface area contributed by atoms with Crippen LogP contribution < -0.4 is 0 Å². The Labute approximate surface area is 414 Å². The van der Waals surface area contributed by atoms with Crippen molar-refractivity contribution in [2.45, 2.75) is 172 Å². The number of rotatable bonds is 38. The minimum absolute atomic E-state index is 0.0352. The molecule has 19 heteroatoms. The van der Waals surface area contributed by atoms with E-state index in [4.69, 9.17) is 18.5 Å². The average molecular weight is 1030 g/mol. The van der Waals surface area contributed by atoms with E-state index < -0.39 is 89.6 Å². The largest absolute Gasteiger partial charge is 0.472 e. The fourth-order valence-electron chi connectivity index (χ4n) is 6.36. The molecule has 0 spiro atoms. The monoisotopic (exact) mass is 1030 g/mol. The molecule has 396 valence electrons. The molecule has 0 heterocycles. The number of ether oxygens (including phenoxy) is 2. The summed E-state index contributed by atoms with van der Waals surface area (Å²) in [6.07, 6.45) is 36.2. The second-order valence-corrected chi connectivity index (χ2v) is 18.9. The molecule has 0 radical (unpaired) electrons. The molecule has 0 aliphatic heterocycles. The number of unbranched alkanes of at least 4 members (excludes halogenated alkanes) is 4. The SMILES string of the molecule is CC/C=C\C/C=C\CC(O)/C=C/C=C\C/C=C\CCCC(=O)O[C@H](COC(=O)CC/C=C\C/C=C\C/C=C\C/C=C\C/C=C\CCCCC)COP(=O)(O)O[C@H]1C(O)C(O)C(O)[C@@H](OP(=O)(O)O)C1O. The molecule has 0 amide bonds. The van der Waals surface area contributed by atoms with Gasteiger partial charge in [-0.1, -0.05) is 148 Å². The molecule has 0 aromatic heterocycles. The van der Waals surface area contributed by atoms with Gasteiger partial charge in [-0.05, 0) is 83.5 Å². The zero-order chi connectivity index (χ0) is 51.9. The van der Waals surface area contributed by atoms with Gasteiger partial charge in [0, 0.05) is 12.8 Å². The van der Waals surface area contributed by atoms with E-state index >= 15 is 0 Å². The van der Waals surface area contributed by atoms with Crippen LogP contribution in [0.5, 0.6) is 0 Å². The van der Waals surface area contributed by atoms with Gasteiger partial charge in [0.1, 0.15) is 43.2 Å². The smallest absolute Gasteiger partial charge is 0.462 e. The third kappa shape index (κ3) is 33.9. The molecule has 0 aromatic rings. The Balaban J connectivity index is 2.71. The van der Waals surface area contributed by atoms with E-state index in [0.29, 0.717) is 38.5 Å². The summed E-state index contributed by atoms with van der Waals surface area (Å²) in [5.74, 6) is -1.42. The summed E-state index contributed by atoms with van der Waals surface area (Å²) >= 11 is 0. The summed E-state index contributed by atoms with van der Waals surface area (Å²) in [6, 6.07) is 0. The van der Waals surface area contributed by atoms with E-state index in [9.17, 15) is 58.9 Å². The Hall–Kier alpha value is -3.64. The van der Waals surface area contributed by atoms with Gasteiger partial charge in [-0.3, -0.25) is 23.2 Å². The Bertz CT molecular complexity index is 1830. The third-order valence-electron chi connectivity index (χ3n) is 10.1. The van der Waals surface area contributed by atoms with Crippen LogP contribution in [-0.4, -0.2) is 114 Å². The highest BCUT2D eigenvalue weighted by atomic mass is 31.2. The highest BCUT2D eigenvalue weighted by Crippen LogP contribution is 2.49. The first-order valence-corrected chi connectivity index (χ1v) is 27.2. The summed E-state index contributed by atoms with van der Waals surface area (Å²) < 4.78 is 49.2. The topological polar surface area (TPSA) is 276 Å². The summed E-state index contributed by atoms with van der Waals surface area (Å²) in [5.41, 5.74) is 0. The van der Waals surface area contributed by atoms with Crippen LogP contribution in [0.25, 0.3) is 0 Å². The molecule has 0 saturated heterocycles. The van der Waals surface area contributed by atoms with Gasteiger partial charge in [-0.15, -0.1) is 0 Å². The van der Waals surface area contributed by atoms with Gasteiger partial charge in [0.15, 0.2) is 6.10 Å². The standard InChI is InChI=1S/C51H80O17P2/c1-3-5-7-9-11-12-13-14-15-16-17-18-19-20-21-22-26-30-34-38-44(53)64-40-43(41-65-70(62,63)68-51-48(57)46(55)47(56)50(49(51)58)67-69(59,60)61)66-45(54)39-35-31-27-24-23-25-29-33-37-42(52)36-32-28-10-8-6-4-2/h6,8,11-12,14-15,17-18,20-21,24-30,32-33,37,42-43,46-52,55-58H,3-5,7,9-10,13,16,19,22-23,31,34-36,38-41H2,1-2H3,(H,62,63)(H2,59,60,61)/b8-6-,12-11-,15-14-,18-17-,21-20-,27-24-,29-25-,30-26-,32-28-,37-33+/t42?,43-,46?,47?,48?,49?,50-,51+/m1/s1. The van der Waals surface area contributed by atoms with E-state index in [1.807, 2.05) is 60.8 Å². The number of phosphoric acid groups is 2. The van der Waals surface area contributed by atoms with Crippen LogP contribution in [0.3, 0.4) is 0 Å². The van der Waals surface area contributed by atoms with Crippen molar-refractivity contribution >= 4 is 27.6 Å². The lowest BCUT2D eigenvalue weighted by Crippen LogP contribution is -2.64. The number of hydrogen-bond donors (Lipinski definition) is 8. The number of carbonyl (C=O) groups excluding carboxylic acids is 2. The van der Waals surface area contributed by atoms with Gasteiger partial charge in [0.05, 0.1) is 12.7 Å². The van der Waals surface area contributed by atoms with Crippen LogP contribution >= 0.6 is 15.6 Å². The van der Waals surface area contributed by atoms with Gasteiger partial charge >= 0.3 is 27.6 Å². The van der Waals surface area contributed by atoms with Gasteiger partial charge in [0.2, 0.25) is 0 Å². The van der Waals surface area contributed by atoms with Gasteiger partial charge in [-0.25, -0.2) is 9.13 Å². The predicted molar refractivity (Wildman–Crippen MR) is 270 cm³/mol. The van der Waals surface area contributed by atoms with Crippen LogP contribution in [0.4, 0.5) is 0 Å². The second-order valence-electron chi connectivity index (χ2n) is 16.3. The maximum atomic E-state index is 13.0. The minimum atomic E-state index is -5.39. The van der Waals surface area contributed by atoms with Crippen molar-refractivity contribution in [3.05, 3.63) is 122 Å². The zero-order valence-corrected chi connectivity index (χ0v) is 42.5. The summed E-state index contributed by atoms with van der Waals surface area (Å²) in [7, 11) is -10.8. The predicted octanol–water partition coefficient (Wildman–Crippen LogP) is 8.47. The molecule has 70 heavy (non-hydrogen) atoms. The van der Waals surface area contributed by atoms with Crippen molar-refractivity contribution in [2.75, 3.05) is 13.2 Å². The van der Waals surface area contributed by atoms with E-state index in [1.54, 1.807) is 12.2 Å². The molecule has 0 aromatic carbocycles. The molecule has 9 atom stereocenters. The normalized spacial score (nSPS) is 22.5. The molecular weight excluding hydrogens is 946 g/mol. The Morgan fingerprint density at radius 3 is 1.63 bits per heavy atom. The number of aliphatic hydroxyl groups is 5. The van der Waals surface area contributed by atoms with Crippen molar-refractivity contribution in [1.82, 2.24) is 0 Å². The fourth-order valence-corrected chi connectivity index (χ4v) is 7.90. The van der Waals surface area contributed by atoms with Gasteiger partial charge in [0.25, 0.3) is 0 Å². The van der Waals surface area contributed by atoms with Crippen molar-refractivity contribution in [1.29, 1.82) is 0 Å². The third-order valence-corrected chi connectivity index (χ3v) is 11.6. The summed E-state index contributed by atoms with van der Waals surface area (Å²) in [5, 5.41) is 51.3. The van der Waals surface area contributed by atoms with Crippen molar-refractivity contribution in [2.24, 2.45) is 0 Å². The van der Waals surface area contributed by atoms with Crippen molar-refractivity contribution in [3.63, 3.8) is 0 Å². The highest BCUT2D eigenvalue weighted by Gasteiger charge is 2.54. The lowest BCUT2D eigenvalue weighted by atomic mass is 9.85. The van der Waals surface area contributed by atoms with Gasteiger partial charge < -0.3 is 49.7 Å². The molecule has 1 aliphatic carbocycles. The fraction of sp³-hybridized carbons (Fsp3) is 0.569. The van der Waals surface area contributed by atoms with Crippen molar-refractivity contribution < 1.29 is 82.0 Å². The van der Waals surface area contributed by atoms with Crippen LogP contribution in [0.2, 0.25) is 0 Å². The quantitative estimate of drug-likeness (QED) is 0.00946. The Morgan fingerprint density at radius 1 is 0.543 bits per heavy atom. The zero-order valence-electron chi connectivity index (χ0n) is 40.7. The number of hydrogen-bond acceptors (Lipinski definition) is 14. The second kappa shape index (κ2) is 39.9. The lowest BCUT2D eigenvalue weighted by molar-refractivity contribution is -0.216. The van der Waals surface area contributed by atoms with E-state index in [-0.39, 0.29) is 12.8 Å². The maximum absolute atomic E-state index is 13.0. The highest BCUT2D eigenvalue weighted by molar-refractivity contribution is 7.47. The Morgan fingerprint density at radius 2 is 1.06 bits per heavy atom. The molecule has 1 rings (SSSR count). The average Bonchev–Trinajstić information content (AvgIpc) is 3.31. The number of esters is 2. The molecule has 17 nitrogen and oxygen atoms in total. The molecule has 8 N–H and O–H groups in total. The number of allylic oxidation sites excluding steroid dienone is 18. The molecule has 0 bridgehead atoms. The lowest BCUT2D eigenvalue weighted by Gasteiger charge is -2.43. The van der Waals surface area contributed by atoms with E-state index in [0.717, 1.165) is 38.5 Å². The first kappa shape index (κ1) is 64.4. The first-order chi connectivity index (χ1) is 33.5. The maximum Gasteiger partial charge on any atom is 0.472 e. The minimum Gasteiger partial charge on any atom is -0.462 e. The van der Waals surface area contributed by atoms with Crippen LogP contribution in [0.1, 0.15) is 123 Å². The molecule has 1 fully saturated rings. The van der Waals surface area contributed by atoms with E-state index in [2.05, 4.69) is 67.0 Å². The van der Waals surface area contributed by atoms with Crippen molar-refractivity contribution in [3.8, 4) is 0 Å². The van der Waals surface area contributed by atoms with E-state index in [1.165, 1.54) is 19.3 Å². The Kier molecular flexibility index (Phi) is 36.7. The van der Waals surface area contributed by atoms with Crippen LogP contribution in [0, 0.1) is 0 Å².